The summed E-state index contributed by atoms with van der Waals surface area (Å²) in [6, 6.07) is 10.2. The smallest absolute Gasteiger partial charge is 0.219 e. The van der Waals surface area contributed by atoms with Crippen molar-refractivity contribution in [1.82, 2.24) is 15.1 Å². The number of rotatable bonds is 7. The lowest BCUT2D eigenvalue weighted by Gasteiger charge is -2.24. The van der Waals surface area contributed by atoms with Crippen LogP contribution in [-0.2, 0) is 17.9 Å². The fraction of sp³-hybridized carbons (Fsp3) is 0.375. The molecule has 0 aliphatic rings. The molecular weight excluding hydrogens is 264 g/mol. The summed E-state index contributed by atoms with van der Waals surface area (Å²) in [6.45, 7) is 5.35. The molecule has 0 spiro atoms. The molecular formula is C16H22N4O. The van der Waals surface area contributed by atoms with Gasteiger partial charge in [-0.1, -0.05) is 30.3 Å². The van der Waals surface area contributed by atoms with E-state index in [1.54, 1.807) is 0 Å². The van der Waals surface area contributed by atoms with Crippen LogP contribution in [-0.4, -0.2) is 21.2 Å². The molecule has 112 valence electrons. The van der Waals surface area contributed by atoms with Crippen LogP contribution in [0, 0.1) is 0 Å². The molecule has 1 aromatic carbocycles. The van der Waals surface area contributed by atoms with Crippen molar-refractivity contribution in [3.63, 3.8) is 0 Å². The summed E-state index contributed by atoms with van der Waals surface area (Å²) < 4.78 is 1.91. The van der Waals surface area contributed by atoms with Crippen molar-refractivity contribution >= 4 is 5.91 Å². The van der Waals surface area contributed by atoms with Gasteiger partial charge in [-0.3, -0.25) is 9.48 Å². The average Bonchev–Trinajstić information content (AvgIpc) is 2.84. The Balaban J connectivity index is 1.90. The topological polar surface area (TPSA) is 72.9 Å². The average molecular weight is 286 g/mol. The Morgan fingerprint density at radius 1 is 1.29 bits per heavy atom. The molecule has 2 rings (SSSR count). The molecule has 0 atom stereocenters. The largest absolute Gasteiger partial charge is 0.370 e. The minimum atomic E-state index is -0.312. The van der Waals surface area contributed by atoms with Gasteiger partial charge in [-0.15, -0.1) is 0 Å². The van der Waals surface area contributed by atoms with Gasteiger partial charge in [-0.2, -0.15) is 5.10 Å². The highest BCUT2D eigenvalue weighted by molar-refractivity contribution is 5.74. The quantitative estimate of drug-likeness (QED) is 0.813. The lowest BCUT2D eigenvalue weighted by molar-refractivity contribution is -0.119. The van der Waals surface area contributed by atoms with Gasteiger partial charge >= 0.3 is 0 Å². The predicted molar refractivity (Wildman–Crippen MR) is 82.5 cm³/mol. The maximum Gasteiger partial charge on any atom is 0.219 e. The number of hydrogen-bond acceptors (Lipinski definition) is 3. The third-order valence-electron chi connectivity index (χ3n) is 3.26. The Morgan fingerprint density at radius 2 is 2.00 bits per heavy atom. The van der Waals surface area contributed by atoms with Crippen LogP contribution < -0.4 is 11.1 Å². The van der Waals surface area contributed by atoms with Gasteiger partial charge in [0, 0.05) is 30.3 Å². The molecule has 1 aromatic heterocycles. The molecule has 1 amide bonds. The first-order chi connectivity index (χ1) is 9.94. The van der Waals surface area contributed by atoms with Crippen LogP contribution in [0.2, 0.25) is 0 Å². The first-order valence-electron chi connectivity index (χ1n) is 7.03. The van der Waals surface area contributed by atoms with E-state index in [0.29, 0.717) is 13.0 Å². The summed E-state index contributed by atoms with van der Waals surface area (Å²) >= 11 is 0. The number of nitrogens with zero attached hydrogens (tertiary/aromatic N) is 2. The van der Waals surface area contributed by atoms with Gasteiger partial charge < -0.3 is 11.1 Å². The Labute approximate surface area is 125 Å². The minimum Gasteiger partial charge on any atom is -0.370 e. The molecule has 0 aliphatic heterocycles. The molecule has 0 bridgehead atoms. The molecule has 0 radical (unpaired) electrons. The second-order valence-electron chi connectivity index (χ2n) is 5.91. The summed E-state index contributed by atoms with van der Waals surface area (Å²) in [5, 5.41) is 7.69. The van der Waals surface area contributed by atoms with Gasteiger partial charge in [-0.05, 0) is 19.4 Å². The Bertz CT molecular complexity index is 589. The van der Waals surface area contributed by atoms with Crippen molar-refractivity contribution in [2.75, 3.05) is 0 Å². The molecule has 5 nitrogen and oxygen atoms in total. The van der Waals surface area contributed by atoms with E-state index < -0.39 is 0 Å². The van der Waals surface area contributed by atoms with Gasteiger partial charge in [0.05, 0.1) is 12.7 Å². The van der Waals surface area contributed by atoms with E-state index in [9.17, 15) is 4.79 Å². The lowest BCUT2D eigenvalue weighted by atomic mass is 10.0. The first kappa shape index (κ1) is 15.3. The highest BCUT2D eigenvalue weighted by Crippen LogP contribution is 2.10. The third kappa shape index (κ3) is 5.04. The van der Waals surface area contributed by atoms with E-state index in [1.165, 1.54) is 5.56 Å². The van der Waals surface area contributed by atoms with Gasteiger partial charge in [-0.25, -0.2) is 0 Å². The first-order valence-corrected chi connectivity index (χ1v) is 7.03. The van der Waals surface area contributed by atoms with Crippen LogP contribution >= 0.6 is 0 Å². The third-order valence-corrected chi connectivity index (χ3v) is 3.26. The number of benzene rings is 1. The van der Waals surface area contributed by atoms with Crippen molar-refractivity contribution in [1.29, 1.82) is 0 Å². The van der Waals surface area contributed by atoms with Crippen molar-refractivity contribution in [3.8, 4) is 0 Å². The molecule has 0 unspecified atom stereocenters. The summed E-state index contributed by atoms with van der Waals surface area (Å²) in [5.41, 5.74) is 7.23. The number of amides is 1. The van der Waals surface area contributed by atoms with Gasteiger partial charge in [0.2, 0.25) is 5.91 Å². The maximum absolute atomic E-state index is 11.0. The number of hydrogen-bond donors (Lipinski definition) is 2. The van der Waals surface area contributed by atoms with Gasteiger partial charge in [0.15, 0.2) is 0 Å². The molecule has 21 heavy (non-hydrogen) atoms. The monoisotopic (exact) mass is 286 g/mol. The van der Waals surface area contributed by atoms with Crippen LogP contribution in [0.25, 0.3) is 0 Å². The van der Waals surface area contributed by atoms with Crippen molar-refractivity contribution in [2.45, 2.75) is 38.9 Å². The molecule has 1 heterocycles. The van der Waals surface area contributed by atoms with E-state index in [-0.39, 0.29) is 11.4 Å². The number of carbonyl (C=O) groups is 1. The van der Waals surface area contributed by atoms with Crippen molar-refractivity contribution in [2.24, 2.45) is 5.73 Å². The molecule has 5 heteroatoms. The number of aromatic nitrogens is 2. The molecule has 0 aliphatic carbocycles. The lowest BCUT2D eigenvalue weighted by Crippen LogP contribution is -2.42. The number of nitrogens with one attached hydrogen (secondary N) is 1. The molecule has 2 aromatic rings. The minimum absolute atomic E-state index is 0.299. The second-order valence-corrected chi connectivity index (χ2v) is 5.91. The van der Waals surface area contributed by atoms with Gasteiger partial charge in [0.1, 0.15) is 0 Å². The highest BCUT2D eigenvalue weighted by atomic mass is 16.1. The van der Waals surface area contributed by atoms with Gasteiger partial charge in [0.25, 0.3) is 0 Å². The van der Waals surface area contributed by atoms with E-state index in [1.807, 2.05) is 49.1 Å². The zero-order valence-corrected chi connectivity index (χ0v) is 12.5. The van der Waals surface area contributed by atoms with Crippen LogP contribution in [0.15, 0.2) is 42.7 Å². The number of primary amides is 1. The molecule has 3 N–H and O–H groups in total. The SMILES string of the molecule is CC(C)(CC(N)=O)NCc1cnn(Cc2ccccc2)c1. The normalized spacial score (nSPS) is 11.5. The maximum atomic E-state index is 11.0. The predicted octanol–water partition coefficient (Wildman–Crippen LogP) is 1.67. The Kier molecular flexibility index (Phi) is 4.75. The summed E-state index contributed by atoms with van der Waals surface area (Å²) in [7, 11) is 0. The number of nitrogens with two attached hydrogens (primary N) is 1. The van der Waals surface area contributed by atoms with Crippen LogP contribution in [0.4, 0.5) is 0 Å². The van der Waals surface area contributed by atoms with E-state index in [0.717, 1.165) is 12.1 Å². The van der Waals surface area contributed by atoms with Crippen molar-refractivity contribution < 1.29 is 4.79 Å². The van der Waals surface area contributed by atoms with Crippen LogP contribution in [0.5, 0.6) is 0 Å². The molecule has 0 saturated heterocycles. The Hall–Kier alpha value is -2.14. The second kappa shape index (κ2) is 6.54. The summed E-state index contributed by atoms with van der Waals surface area (Å²) in [4.78, 5) is 11.0. The fourth-order valence-corrected chi connectivity index (χ4v) is 2.19. The van der Waals surface area contributed by atoms with E-state index in [2.05, 4.69) is 22.5 Å². The molecule has 0 fully saturated rings. The van der Waals surface area contributed by atoms with Crippen LogP contribution in [0.1, 0.15) is 31.4 Å². The van der Waals surface area contributed by atoms with E-state index >= 15 is 0 Å². The highest BCUT2D eigenvalue weighted by Gasteiger charge is 2.19. The standard InChI is InChI=1S/C16H22N4O/c1-16(2,8-15(17)21)18-9-14-10-19-20(12-14)11-13-6-4-3-5-7-13/h3-7,10,12,18H,8-9,11H2,1-2H3,(H2,17,21). The summed E-state index contributed by atoms with van der Waals surface area (Å²) in [5.74, 6) is -0.299. The Morgan fingerprint density at radius 3 is 2.67 bits per heavy atom. The van der Waals surface area contributed by atoms with Crippen molar-refractivity contribution in [3.05, 3.63) is 53.9 Å². The fourth-order valence-electron chi connectivity index (χ4n) is 2.19. The zero-order chi connectivity index (χ0) is 15.3. The van der Waals surface area contributed by atoms with E-state index in [4.69, 9.17) is 5.73 Å². The molecule has 0 saturated carbocycles. The zero-order valence-electron chi connectivity index (χ0n) is 12.5. The summed E-state index contributed by atoms with van der Waals surface area (Å²) in [6.07, 6.45) is 4.17. The van der Waals surface area contributed by atoms with Crippen LogP contribution in [0.3, 0.4) is 0 Å². The number of carbonyl (C=O) groups excluding carboxylic acids is 1.